The van der Waals surface area contributed by atoms with Crippen LogP contribution in [0.2, 0.25) is 0 Å². The van der Waals surface area contributed by atoms with Crippen molar-refractivity contribution in [3.05, 3.63) is 0 Å². The monoisotopic (exact) mass is 298 g/mol. The van der Waals surface area contributed by atoms with Crippen molar-refractivity contribution >= 4 is 12.0 Å². The number of aliphatic carboxylic acids is 1. The zero-order chi connectivity index (χ0) is 15.4. The number of likely N-dealkylation sites (tertiary alicyclic amines) is 1. The molecule has 1 aliphatic carbocycles. The standard InChI is InChI=1S/C15H26N2O4/c1-16(10-11-8-13(18)9-11)15(21)17-7-3-2-4-12(17)5-6-14(19)20/h11-13,18H,2-10H2,1H3,(H,19,20). The Morgan fingerprint density at radius 1 is 1.29 bits per heavy atom. The molecule has 0 radical (unpaired) electrons. The summed E-state index contributed by atoms with van der Waals surface area (Å²) in [5.41, 5.74) is 0. The number of hydrogen-bond acceptors (Lipinski definition) is 3. The lowest BCUT2D eigenvalue weighted by Gasteiger charge is -2.40. The molecule has 1 saturated carbocycles. The fourth-order valence-corrected chi connectivity index (χ4v) is 3.38. The second kappa shape index (κ2) is 7.11. The first-order valence-electron chi connectivity index (χ1n) is 7.89. The summed E-state index contributed by atoms with van der Waals surface area (Å²) in [5.74, 6) is -0.402. The van der Waals surface area contributed by atoms with Gasteiger partial charge >= 0.3 is 12.0 Å². The molecule has 2 N–H and O–H groups in total. The topological polar surface area (TPSA) is 81.1 Å². The Balaban J connectivity index is 1.86. The molecule has 0 aromatic carbocycles. The Labute approximate surface area is 125 Å². The van der Waals surface area contributed by atoms with Crippen molar-refractivity contribution in [3.8, 4) is 0 Å². The first-order valence-corrected chi connectivity index (χ1v) is 7.89. The minimum Gasteiger partial charge on any atom is -0.481 e. The van der Waals surface area contributed by atoms with E-state index >= 15 is 0 Å². The van der Waals surface area contributed by atoms with Gasteiger partial charge in [-0.2, -0.15) is 0 Å². The fraction of sp³-hybridized carbons (Fsp3) is 0.867. The van der Waals surface area contributed by atoms with Gasteiger partial charge in [-0.15, -0.1) is 0 Å². The number of rotatable bonds is 5. The summed E-state index contributed by atoms with van der Waals surface area (Å²) in [5, 5.41) is 18.1. The highest BCUT2D eigenvalue weighted by Gasteiger charge is 2.33. The smallest absolute Gasteiger partial charge is 0.319 e. The highest BCUT2D eigenvalue weighted by Crippen LogP contribution is 2.28. The van der Waals surface area contributed by atoms with Crippen LogP contribution in [-0.4, -0.2) is 64.3 Å². The minimum absolute atomic E-state index is 0.00600. The van der Waals surface area contributed by atoms with Crippen molar-refractivity contribution in [2.75, 3.05) is 20.1 Å². The molecule has 2 aliphatic rings. The Bertz CT molecular complexity index is 382. The average molecular weight is 298 g/mol. The van der Waals surface area contributed by atoms with Crippen molar-refractivity contribution < 1.29 is 19.8 Å². The number of urea groups is 1. The number of amides is 2. The van der Waals surface area contributed by atoms with Crippen molar-refractivity contribution in [1.82, 2.24) is 9.80 Å². The molecule has 0 bridgehead atoms. The van der Waals surface area contributed by atoms with E-state index in [9.17, 15) is 14.7 Å². The van der Waals surface area contributed by atoms with E-state index < -0.39 is 5.97 Å². The summed E-state index contributed by atoms with van der Waals surface area (Å²) in [6.07, 6.45) is 4.97. The number of aliphatic hydroxyl groups excluding tert-OH is 1. The van der Waals surface area contributed by atoms with Gasteiger partial charge in [-0.3, -0.25) is 4.79 Å². The van der Waals surface area contributed by atoms with Gasteiger partial charge in [0.25, 0.3) is 0 Å². The predicted molar refractivity (Wildman–Crippen MR) is 78.0 cm³/mol. The van der Waals surface area contributed by atoms with Crippen molar-refractivity contribution in [2.45, 2.75) is 57.1 Å². The van der Waals surface area contributed by atoms with Crippen LogP contribution < -0.4 is 0 Å². The van der Waals surface area contributed by atoms with Crippen LogP contribution in [0.3, 0.4) is 0 Å². The number of hydrogen-bond donors (Lipinski definition) is 2. The van der Waals surface area contributed by atoms with E-state index in [-0.39, 0.29) is 24.6 Å². The summed E-state index contributed by atoms with van der Waals surface area (Å²) >= 11 is 0. The van der Waals surface area contributed by atoms with Gasteiger partial charge in [0.1, 0.15) is 0 Å². The fourth-order valence-electron chi connectivity index (χ4n) is 3.38. The zero-order valence-electron chi connectivity index (χ0n) is 12.7. The third-order valence-corrected chi connectivity index (χ3v) is 4.63. The largest absolute Gasteiger partial charge is 0.481 e. The maximum Gasteiger partial charge on any atom is 0.319 e. The number of nitrogens with zero attached hydrogens (tertiary/aromatic N) is 2. The highest BCUT2D eigenvalue weighted by atomic mass is 16.4. The number of piperidine rings is 1. The first-order chi connectivity index (χ1) is 9.97. The second-order valence-electron chi connectivity index (χ2n) is 6.43. The quantitative estimate of drug-likeness (QED) is 0.806. The second-order valence-corrected chi connectivity index (χ2v) is 6.43. The average Bonchev–Trinajstić information content (AvgIpc) is 2.42. The Kier molecular flexibility index (Phi) is 5.45. The Morgan fingerprint density at radius 2 is 2.00 bits per heavy atom. The van der Waals surface area contributed by atoms with Gasteiger partial charge in [0, 0.05) is 32.6 Å². The number of carboxylic acid groups (broad SMARTS) is 1. The molecule has 1 saturated heterocycles. The number of aliphatic hydroxyl groups is 1. The molecule has 0 spiro atoms. The molecule has 1 unspecified atom stereocenters. The summed E-state index contributed by atoms with van der Waals surface area (Å²) in [6.45, 7) is 1.40. The van der Waals surface area contributed by atoms with E-state index in [0.717, 1.165) is 38.6 Å². The van der Waals surface area contributed by atoms with Crippen LogP contribution in [0.25, 0.3) is 0 Å². The Hall–Kier alpha value is -1.30. The Morgan fingerprint density at radius 3 is 2.62 bits per heavy atom. The molecule has 0 aromatic rings. The molecule has 1 heterocycles. The molecule has 6 nitrogen and oxygen atoms in total. The van der Waals surface area contributed by atoms with Gasteiger partial charge in [0.15, 0.2) is 0 Å². The number of carbonyl (C=O) groups is 2. The molecule has 1 aliphatic heterocycles. The molecule has 2 rings (SSSR count). The van der Waals surface area contributed by atoms with E-state index in [1.54, 1.807) is 11.9 Å². The molecular formula is C15H26N2O4. The van der Waals surface area contributed by atoms with Gasteiger partial charge in [-0.25, -0.2) is 4.79 Å². The maximum absolute atomic E-state index is 12.6. The molecule has 2 amide bonds. The van der Waals surface area contributed by atoms with Gasteiger partial charge in [0.05, 0.1) is 6.10 Å². The van der Waals surface area contributed by atoms with Crippen LogP contribution in [0, 0.1) is 5.92 Å². The van der Waals surface area contributed by atoms with Crippen LogP contribution >= 0.6 is 0 Å². The molecule has 1 atom stereocenters. The van der Waals surface area contributed by atoms with Crippen LogP contribution in [0.1, 0.15) is 44.9 Å². The van der Waals surface area contributed by atoms with E-state index in [2.05, 4.69) is 0 Å². The molecule has 0 aromatic heterocycles. The molecule has 120 valence electrons. The van der Waals surface area contributed by atoms with Crippen LogP contribution in [0.15, 0.2) is 0 Å². The summed E-state index contributed by atoms with van der Waals surface area (Å²) in [6, 6.07) is 0.0586. The molecular weight excluding hydrogens is 272 g/mol. The maximum atomic E-state index is 12.6. The SMILES string of the molecule is CN(CC1CC(O)C1)C(=O)N1CCCCC1CCC(=O)O. The normalized spacial score (nSPS) is 28.9. The molecule has 2 fully saturated rings. The minimum atomic E-state index is -0.801. The van der Waals surface area contributed by atoms with Crippen LogP contribution in [-0.2, 0) is 4.79 Å². The van der Waals surface area contributed by atoms with Crippen LogP contribution in [0.4, 0.5) is 4.79 Å². The number of carboxylic acids is 1. The predicted octanol–water partition coefficient (Wildman–Crippen LogP) is 1.53. The summed E-state index contributed by atoms with van der Waals surface area (Å²) in [7, 11) is 1.80. The van der Waals surface area contributed by atoms with Crippen molar-refractivity contribution in [2.24, 2.45) is 5.92 Å². The first kappa shape index (κ1) is 16.1. The lowest BCUT2D eigenvalue weighted by atomic mass is 9.82. The van der Waals surface area contributed by atoms with Gasteiger partial charge in [-0.05, 0) is 44.4 Å². The lowest BCUT2D eigenvalue weighted by molar-refractivity contribution is -0.137. The van der Waals surface area contributed by atoms with Gasteiger partial charge < -0.3 is 20.0 Å². The van der Waals surface area contributed by atoms with E-state index in [1.165, 1.54) is 0 Å². The van der Waals surface area contributed by atoms with Gasteiger partial charge in [0.2, 0.25) is 0 Å². The van der Waals surface area contributed by atoms with Gasteiger partial charge in [-0.1, -0.05) is 0 Å². The summed E-state index contributed by atoms with van der Waals surface area (Å²) in [4.78, 5) is 26.9. The zero-order valence-corrected chi connectivity index (χ0v) is 12.7. The van der Waals surface area contributed by atoms with Crippen LogP contribution in [0.5, 0.6) is 0 Å². The highest BCUT2D eigenvalue weighted by molar-refractivity contribution is 5.75. The van der Waals surface area contributed by atoms with Crippen molar-refractivity contribution in [3.63, 3.8) is 0 Å². The van der Waals surface area contributed by atoms with Crippen molar-refractivity contribution in [1.29, 1.82) is 0 Å². The van der Waals surface area contributed by atoms with E-state index in [0.29, 0.717) is 18.9 Å². The molecule has 6 heteroatoms. The third kappa shape index (κ3) is 4.33. The molecule has 21 heavy (non-hydrogen) atoms. The third-order valence-electron chi connectivity index (χ3n) is 4.63. The lowest BCUT2D eigenvalue weighted by Crippen LogP contribution is -2.51. The summed E-state index contributed by atoms with van der Waals surface area (Å²) < 4.78 is 0. The number of carbonyl (C=O) groups excluding carboxylic acids is 1. The van der Waals surface area contributed by atoms with E-state index in [4.69, 9.17) is 5.11 Å². The van der Waals surface area contributed by atoms with E-state index in [1.807, 2.05) is 4.90 Å².